The Kier molecular flexibility index (Phi) is 24.8. The molecule has 3 aliphatic heterocycles. The normalized spacial score (nSPS) is 14.6. The summed E-state index contributed by atoms with van der Waals surface area (Å²) in [5, 5.41) is 42.7. The van der Waals surface area contributed by atoms with Gasteiger partial charge in [0.15, 0.2) is 17.5 Å². The Hall–Kier alpha value is -6.48. The average Bonchev–Trinajstić information content (AvgIpc) is 1.70. The molecule has 3 radical (unpaired) electrons. The first-order chi connectivity index (χ1) is 41.6. The first-order valence-corrected chi connectivity index (χ1v) is 28.4. The summed E-state index contributed by atoms with van der Waals surface area (Å²) in [5.41, 5.74) is 10.9. The summed E-state index contributed by atoms with van der Waals surface area (Å²) in [6, 6.07) is 37.9. The average molecular weight is 1460 g/mol. The largest absolute Gasteiger partial charge is 0.542 e. The number of nitrogens with zero attached hydrogens (tertiary/aromatic N) is 12. The minimum absolute atomic E-state index is 0. The monoisotopic (exact) mass is 1460 g/mol. The number of carbonyl (C=O) groups excluding carboxylic acids is 3. The van der Waals surface area contributed by atoms with Crippen molar-refractivity contribution in [1.29, 1.82) is 0 Å². The van der Waals surface area contributed by atoms with Crippen molar-refractivity contribution in [3.8, 4) is 34.3 Å². The summed E-state index contributed by atoms with van der Waals surface area (Å²) < 4.78 is 16.7. The van der Waals surface area contributed by atoms with Gasteiger partial charge in [-0.15, -0.1) is 49.1 Å². The number of nitrogens with one attached hydrogen (secondary N) is 2. The molecular weight excluding hydrogens is 1400 g/mol. The topological polar surface area (TPSA) is 243 Å². The summed E-state index contributed by atoms with van der Waals surface area (Å²) >= 11 is 12.1. The number of fused-ring (bicyclic) bond motifs is 9. The molecule has 0 fully saturated rings. The number of hydrogen-bond acceptors (Lipinski definition) is 15. The van der Waals surface area contributed by atoms with Crippen molar-refractivity contribution < 1.29 is 127 Å². The van der Waals surface area contributed by atoms with E-state index in [1.807, 2.05) is 158 Å². The zero-order valence-electron chi connectivity index (χ0n) is 49.9. The van der Waals surface area contributed by atoms with E-state index >= 15 is 0 Å². The van der Waals surface area contributed by atoms with E-state index in [-0.39, 0.29) is 135 Å². The second-order valence-electron chi connectivity index (χ2n) is 20.1. The predicted octanol–water partition coefficient (Wildman–Crippen LogP) is 10.2. The number of ether oxygens (including phenoxy) is 2. The van der Waals surface area contributed by atoms with Gasteiger partial charge in [-0.25, -0.2) is 0 Å². The van der Waals surface area contributed by atoms with Gasteiger partial charge in [-0.05, 0) is 119 Å². The number of amides is 2. The number of rotatable bonds is 13. The number of aryl methyl sites for hydroxylation is 3. The van der Waals surface area contributed by atoms with Gasteiger partial charge in [0.2, 0.25) is 11.8 Å². The molecule has 3 atom stereocenters. The van der Waals surface area contributed by atoms with E-state index in [9.17, 15) is 19.5 Å². The second-order valence-corrected chi connectivity index (χ2v) is 21.0. The minimum Gasteiger partial charge on any atom is -0.542 e. The van der Waals surface area contributed by atoms with Gasteiger partial charge in [0.05, 0.1) is 67.3 Å². The zero-order valence-corrected chi connectivity index (χ0v) is 60.0. The summed E-state index contributed by atoms with van der Waals surface area (Å²) in [4.78, 5) is 50.8. The maximum absolute atomic E-state index is 12.4. The van der Waals surface area contributed by atoms with Crippen molar-refractivity contribution in [2.24, 2.45) is 15.0 Å². The number of methoxy groups -OCH3 is 2. The van der Waals surface area contributed by atoms with Crippen LogP contribution in [0, 0.1) is 27.7 Å². The maximum Gasteiger partial charge on any atom is 0.222 e. The number of phenolic OH excluding ortho intramolecular Hbond substituents is 1. The maximum atomic E-state index is 12.4. The smallest absolute Gasteiger partial charge is 0.222 e. The van der Waals surface area contributed by atoms with E-state index in [2.05, 4.69) is 48.1 Å². The van der Waals surface area contributed by atoms with Crippen molar-refractivity contribution in [1.82, 2.24) is 54.9 Å². The number of aromatic nitrogens is 9. The van der Waals surface area contributed by atoms with Gasteiger partial charge in [0, 0.05) is 149 Å². The van der Waals surface area contributed by atoms with Crippen LogP contribution < -0.4 is 20.1 Å². The Balaban J connectivity index is 0.000000187. The molecule has 9 aromatic rings. The molecule has 12 rings (SSSR count). The molecule has 0 spiro atoms. The first kappa shape index (κ1) is 70.0. The molecule has 0 bridgehead atoms. The minimum atomic E-state index is -0.525. The molecule has 0 unspecified atom stereocenters. The standard InChI is InChI=1S/C23H24N5O2.C21H20ClN5O2.C20H16ClN4O2.3Y/c1-5-24-21(29)13-19-23-27-26-15(3)28(23)20-11-10-17(30-4)12-18(20)22(25-19)16-8-6-14(2)7-9-16;1-3-23-19(29)11-17-21-26-25-12(2)27(21)18-9-8-15(28)10-16(18)20(24-17)13-4-6-14(22)7-5-13;1-12-23-24-20-17(9-10-26)22-19(13-3-5-14(21)6-4-13)16-11-15(27-2)7-8-18(16)25(12)20;;;/h6-12,19H,2,5,13H2,1,3-4H3,(H,24,29);4-10,17,28H,3,11H2,1-2H3,(H,23,29);3-8,11,17H,9H2,1-2H3;;;/q-1;;-1;;;/t19-;2*17-;;;/m000.../s1. The van der Waals surface area contributed by atoms with Gasteiger partial charge in [-0.3, -0.25) is 44.6 Å². The van der Waals surface area contributed by atoms with Crippen LogP contribution in [0.25, 0.3) is 17.1 Å². The quantitative estimate of drug-likeness (QED) is 0.0913. The van der Waals surface area contributed by atoms with Gasteiger partial charge < -0.3 is 30.0 Å². The molecule has 0 aliphatic carbocycles. The second kappa shape index (κ2) is 31.5. The number of benzene rings is 6. The van der Waals surface area contributed by atoms with Crippen molar-refractivity contribution in [2.75, 3.05) is 27.3 Å². The van der Waals surface area contributed by atoms with Crippen LogP contribution in [-0.2, 0) is 113 Å². The SMILES string of the molecule is CCNC(=O)C[C@@H]1N=C(c2ccc(Cl)cc2)c2cc(O)ccc2-n2c(C)nnc21.COc1ccc2c(c1)C(c1ccc(Cl)cc1)=N[C@@H](C[C-]=O)c1nnc(C)n1-2.[CH2-]c1ccc(C2=N[C@@H](CC(=O)NCC)c3nnc(C)n3-c3ccc(OC)cc32)cc1.[Y].[Y].[Y]. The molecule has 20 nitrogen and oxygen atoms in total. The van der Waals surface area contributed by atoms with Crippen LogP contribution in [0.4, 0.5) is 0 Å². The Morgan fingerprint density at radius 3 is 1.25 bits per heavy atom. The molecule has 447 valence electrons. The Labute approximate surface area is 600 Å². The number of aliphatic imine (C=N–C) groups is 3. The fourth-order valence-corrected chi connectivity index (χ4v) is 10.7. The molecule has 2 amide bonds. The fourth-order valence-electron chi connectivity index (χ4n) is 10.4. The predicted molar refractivity (Wildman–Crippen MR) is 329 cm³/mol. The van der Waals surface area contributed by atoms with E-state index in [1.165, 1.54) is 0 Å². The Morgan fingerprint density at radius 2 is 0.876 bits per heavy atom. The zero-order chi connectivity index (χ0) is 60.8. The molecule has 0 saturated heterocycles. The van der Waals surface area contributed by atoms with Gasteiger partial charge in [0.25, 0.3) is 0 Å². The van der Waals surface area contributed by atoms with E-state index in [1.54, 1.807) is 38.5 Å². The number of phenols is 1. The molecule has 89 heavy (non-hydrogen) atoms. The summed E-state index contributed by atoms with van der Waals surface area (Å²) in [5.74, 6) is 5.37. The van der Waals surface area contributed by atoms with Gasteiger partial charge in [0.1, 0.15) is 46.8 Å². The van der Waals surface area contributed by atoms with Gasteiger partial charge in [-0.2, -0.15) is 24.6 Å². The van der Waals surface area contributed by atoms with E-state index in [4.69, 9.17) is 47.7 Å². The van der Waals surface area contributed by atoms with Crippen LogP contribution in [0.2, 0.25) is 10.0 Å². The third-order valence-electron chi connectivity index (χ3n) is 14.4. The number of aromatic hydroxyl groups is 1. The molecule has 3 aliphatic rings. The Morgan fingerprint density at radius 1 is 0.528 bits per heavy atom. The molecular formula is C64H60Cl2N14O6Y3-2. The van der Waals surface area contributed by atoms with Crippen molar-refractivity contribution in [3.05, 3.63) is 218 Å². The molecule has 6 heterocycles. The van der Waals surface area contributed by atoms with Crippen LogP contribution in [0.1, 0.15) is 125 Å². The van der Waals surface area contributed by atoms with Gasteiger partial charge >= 0.3 is 0 Å². The molecule has 3 N–H and O–H groups in total. The fraction of sp³-hybridized carbons (Fsp3) is 0.234. The molecule has 6 aromatic carbocycles. The molecule has 3 aromatic heterocycles. The third kappa shape index (κ3) is 15.5. The van der Waals surface area contributed by atoms with Crippen molar-refractivity contribution in [2.45, 2.75) is 72.0 Å². The van der Waals surface area contributed by atoms with Crippen LogP contribution >= 0.6 is 23.2 Å². The van der Waals surface area contributed by atoms with E-state index < -0.39 is 18.1 Å². The summed E-state index contributed by atoms with van der Waals surface area (Å²) in [6.45, 7) is 14.5. The van der Waals surface area contributed by atoms with Gasteiger partial charge in [-0.1, -0.05) is 47.5 Å². The number of hydrogen-bond donors (Lipinski definition) is 3. The summed E-state index contributed by atoms with van der Waals surface area (Å²) in [7, 11) is 3.26. The van der Waals surface area contributed by atoms with Crippen LogP contribution in [0.3, 0.4) is 0 Å². The van der Waals surface area contributed by atoms with Crippen LogP contribution in [0.15, 0.2) is 142 Å². The van der Waals surface area contributed by atoms with Crippen molar-refractivity contribution >= 4 is 58.4 Å². The van der Waals surface area contributed by atoms with Crippen LogP contribution in [-0.4, -0.2) is 112 Å². The van der Waals surface area contributed by atoms with Crippen molar-refractivity contribution in [3.63, 3.8) is 0 Å². The molecule has 0 saturated carbocycles. The number of halogens is 2. The number of carbonyl (C=O) groups is 2. The summed E-state index contributed by atoms with van der Waals surface area (Å²) in [6.07, 6.45) is 2.39. The molecule has 25 heteroatoms. The first-order valence-electron chi connectivity index (χ1n) is 27.6. The van der Waals surface area contributed by atoms with E-state index in [0.717, 1.165) is 84.8 Å². The van der Waals surface area contributed by atoms with E-state index in [0.29, 0.717) is 57.9 Å². The Bertz CT molecular complexity index is 4110. The van der Waals surface area contributed by atoms with Crippen LogP contribution in [0.5, 0.6) is 17.2 Å². The third-order valence-corrected chi connectivity index (χ3v) is 14.9.